The molecular formula is C16H15N3O5. The number of aromatic carboxylic acids is 1. The van der Waals surface area contributed by atoms with E-state index in [0.29, 0.717) is 11.5 Å². The number of para-hydroxylation sites is 1. The van der Waals surface area contributed by atoms with E-state index in [-0.39, 0.29) is 11.7 Å². The highest BCUT2D eigenvalue weighted by Gasteiger charge is 2.13. The Morgan fingerprint density at radius 2 is 1.83 bits per heavy atom. The van der Waals surface area contributed by atoms with Crippen LogP contribution in [0.25, 0.3) is 11.5 Å². The summed E-state index contributed by atoms with van der Waals surface area (Å²) >= 11 is 0. The molecule has 1 aromatic carbocycles. The fourth-order valence-corrected chi connectivity index (χ4v) is 1.63. The number of nitrogens with one attached hydrogen (secondary N) is 2. The zero-order valence-corrected chi connectivity index (χ0v) is 12.7. The van der Waals surface area contributed by atoms with Crippen molar-refractivity contribution in [3.8, 4) is 11.5 Å². The monoisotopic (exact) mass is 329 g/mol. The molecule has 8 nitrogen and oxygen atoms in total. The van der Waals surface area contributed by atoms with Gasteiger partial charge in [-0.2, -0.15) is 0 Å². The van der Waals surface area contributed by atoms with Crippen molar-refractivity contribution in [1.29, 1.82) is 0 Å². The maximum Gasteiger partial charge on any atom is 0.358 e. The van der Waals surface area contributed by atoms with Crippen LogP contribution in [0.2, 0.25) is 0 Å². The Kier molecular flexibility index (Phi) is 5.73. The third kappa shape index (κ3) is 4.73. The van der Waals surface area contributed by atoms with Gasteiger partial charge in [0.15, 0.2) is 11.5 Å². The zero-order valence-electron chi connectivity index (χ0n) is 12.7. The van der Waals surface area contributed by atoms with E-state index in [1.807, 2.05) is 30.3 Å². The van der Waals surface area contributed by atoms with Gasteiger partial charge < -0.3 is 24.7 Å². The molecule has 8 heteroatoms. The summed E-state index contributed by atoms with van der Waals surface area (Å²) in [6.07, 6.45) is 1.47. The normalized spacial score (nSPS) is 9.54. The Balaban J connectivity index is 0.000000177. The van der Waals surface area contributed by atoms with Gasteiger partial charge in [-0.3, -0.25) is 0 Å². The topological polar surface area (TPSA) is 118 Å². The molecule has 0 saturated heterocycles. The Hall–Kier alpha value is -3.55. The molecule has 3 rings (SSSR count). The van der Waals surface area contributed by atoms with Gasteiger partial charge in [-0.05, 0) is 24.3 Å². The predicted octanol–water partition coefficient (Wildman–Crippen LogP) is 3.07. The number of carboxylic acid groups (broad SMARTS) is 1. The SMILES string of the molecule is CNC(=O)Nc1ccccc1.O=C(O)c1cc(-c2ccco2)on1. The molecule has 124 valence electrons. The third-order valence-electron chi connectivity index (χ3n) is 2.75. The van der Waals surface area contributed by atoms with E-state index in [1.165, 1.54) is 12.3 Å². The molecule has 0 spiro atoms. The van der Waals surface area contributed by atoms with Crippen LogP contribution in [0.5, 0.6) is 0 Å². The maximum absolute atomic E-state index is 10.8. The van der Waals surface area contributed by atoms with Gasteiger partial charge in [0.05, 0.1) is 6.26 Å². The Labute approximate surface area is 137 Å². The molecule has 0 aliphatic rings. The predicted molar refractivity (Wildman–Crippen MR) is 85.7 cm³/mol. The lowest BCUT2D eigenvalue weighted by atomic mass is 10.3. The first-order valence-electron chi connectivity index (χ1n) is 6.88. The van der Waals surface area contributed by atoms with E-state index in [2.05, 4.69) is 15.8 Å². The number of amides is 2. The van der Waals surface area contributed by atoms with E-state index in [9.17, 15) is 9.59 Å². The van der Waals surface area contributed by atoms with Gasteiger partial charge in [0.2, 0.25) is 5.76 Å². The summed E-state index contributed by atoms with van der Waals surface area (Å²) < 4.78 is 9.73. The summed E-state index contributed by atoms with van der Waals surface area (Å²) in [6, 6.07) is 13.7. The van der Waals surface area contributed by atoms with E-state index >= 15 is 0 Å². The number of aromatic nitrogens is 1. The molecule has 2 amide bonds. The molecule has 24 heavy (non-hydrogen) atoms. The summed E-state index contributed by atoms with van der Waals surface area (Å²) in [5.74, 6) is -0.357. The van der Waals surface area contributed by atoms with Crippen LogP contribution in [-0.4, -0.2) is 29.3 Å². The molecule has 0 radical (unpaired) electrons. The number of carbonyl (C=O) groups excluding carboxylic acids is 1. The van der Waals surface area contributed by atoms with Crippen LogP contribution in [0.1, 0.15) is 10.5 Å². The summed E-state index contributed by atoms with van der Waals surface area (Å²) in [5.41, 5.74) is 0.665. The average molecular weight is 329 g/mol. The summed E-state index contributed by atoms with van der Waals surface area (Å²) in [6.45, 7) is 0. The van der Waals surface area contributed by atoms with Crippen molar-refractivity contribution in [1.82, 2.24) is 10.5 Å². The second kappa shape index (κ2) is 8.18. The number of nitrogens with zero attached hydrogens (tertiary/aromatic N) is 1. The third-order valence-corrected chi connectivity index (χ3v) is 2.75. The van der Waals surface area contributed by atoms with Gasteiger partial charge in [0.1, 0.15) is 0 Å². The summed E-state index contributed by atoms with van der Waals surface area (Å²) in [4.78, 5) is 21.2. The van der Waals surface area contributed by atoms with Crippen molar-refractivity contribution < 1.29 is 23.6 Å². The molecular weight excluding hydrogens is 314 g/mol. The van der Waals surface area contributed by atoms with Gasteiger partial charge in [0.25, 0.3) is 0 Å². The fourth-order valence-electron chi connectivity index (χ4n) is 1.63. The molecule has 0 aliphatic carbocycles. The fraction of sp³-hybridized carbons (Fsp3) is 0.0625. The van der Waals surface area contributed by atoms with E-state index < -0.39 is 5.97 Å². The summed E-state index contributed by atoms with van der Waals surface area (Å²) in [7, 11) is 1.58. The Morgan fingerprint density at radius 1 is 1.08 bits per heavy atom. The van der Waals surface area contributed by atoms with Crippen molar-refractivity contribution in [3.05, 3.63) is 60.5 Å². The van der Waals surface area contributed by atoms with Crippen LogP contribution in [0.4, 0.5) is 10.5 Å². The summed E-state index contributed by atoms with van der Waals surface area (Å²) in [5, 5.41) is 17.0. The number of anilines is 1. The van der Waals surface area contributed by atoms with Gasteiger partial charge in [-0.1, -0.05) is 23.4 Å². The second-order valence-electron chi connectivity index (χ2n) is 4.43. The number of hydrogen-bond donors (Lipinski definition) is 3. The van der Waals surface area contributed by atoms with E-state index in [4.69, 9.17) is 14.0 Å². The number of rotatable bonds is 3. The van der Waals surface area contributed by atoms with Crippen LogP contribution in [-0.2, 0) is 0 Å². The zero-order chi connectivity index (χ0) is 17.4. The highest BCUT2D eigenvalue weighted by Crippen LogP contribution is 2.20. The molecule has 2 aromatic heterocycles. The highest BCUT2D eigenvalue weighted by molar-refractivity contribution is 5.88. The lowest BCUT2D eigenvalue weighted by Gasteiger charge is -2.01. The van der Waals surface area contributed by atoms with Crippen molar-refractivity contribution in [2.45, 2.75) is 0 Å². The molecule has 3 N–H and O–H groups in total. The standard InChI is InChI=1S/C8H10N2O.C8H5NO4/c1-9-8(11)10-7-5-3-2-4-6-7;10-8(11)5-4-7(13-9-5)6-2-1-3-12-6/h2-6H,1H3,(H2,9,10,11);1-4H,(H,10,11). The van der Waals surface area contributed by atoms with Gasteiger partial charge >= 0.3 is 12.0 Å². The first-order chi connectivity index (χ1) is 11.6. The number of benzene rings is 1. The van der Waals surface area contributed by atoms with Crippen molar-refractivity contribution in [2.75, 3.05) is 12.4 Å². The molecule has 0 fully saturated rings. The van der Waals surface area contributed by atoms with Gasteiger partial charge in [-0.15, -0.1) is 0 Å². The number of carboxylic acids is 1. The average Bonchev–Trinajstić information content (AvgIpc) is 3.27. The second-order valence-corrected chi connectivity index (χ2v) is 4.43. The minimum absolute atomic E-state index is 0.133. The number of hydrogen-bond acceptors (Lipinski definition) is 5. The number of furan rings is 1. The molecule has 0 aliphatic heterocycles. The number of carbonyl (C=O) groups is 2. The minimum atomic E-state index is -1.12. The van der Waals surface area contributed by atoms with Crippen molar-refractivity contribution in [3.63, 3.8) is 0 Å². The Bertz CT molecular complexity index is 781. The first kappa shape index (κ1) is 16.8. The van der Waals surface area contributed by atoms with Gasteiger partial charge in [0, 0.05) is 18.8 Å². The van der Waals surface area contributed by atoms with E-state index in [0.717, 1.165) is 5.69 Å². The molecule has 2 heterocycles. The van der Waals surface area contributed by atoms with Crippen molar-refractivity contribution >= 4 is 17.7 Å². The largest absolute Gasteiger partial charge is 0.476 e. The van der Waals surface area contributed by atoms with Crippen LogP contribution < -0.4 is 10.6 Å². The van der Waals surface area contributed by atoms with Crippen LogP contribution in [0.3, 0.4) is 0 Å². The van der Waals surface area contributed by atoms with Crippen LogP contribution in [0, 0.1) is 0 Å². The lowest BCUT2D eigenvalue weighted by molar-refractivity contribution is 0.0685. The Morgan fingerprint density at radius 3 is 2.38 bits per heavy atom. The quantitative estimate of drug-likeness (QED) is 0.679. The molecule has 0 saturated carbocycles. The van der Waals surface area contributed by atoms with Crippen LogP contribution in [0.15, 0.2) is 63.7 Å². The van der Waals surface area contributed by atoms with Gasteiger partial charge in [-0.25, -0.2) is 9.59 Å². The van der Waals surface area contributed by atoms with E-state index in [1.54, 1.807) is 19.2 Å². The minimum Gasteiger partial charge on any atom is -0.476 e. The molecule has 0 bridgehead atoms. The smallest absolute Gasteiger partial charge is 0.358 e. The maximum atomic E-state index is 10.8. The lowest BCUT2D eigenvalue weighted by Crippen LogP contribution is -2.24. The van der Waals surface area contributed by atoms with Crippen LogP contribution >= 0.6 is 0 Å². The number of urea groups is 1. The molecule has 0 atom stereocenters. The molecule has 0 unspecified atom stereocenters. The molecule has 3 aromatic rings. The highest BCUT2D eigenvalue weighted by atomic mass is 16.5. The first-order valence-corrected chi connectivity index (χ1v) is 6.88. The van der Waals surface area contributed by atoms with Crippen molar-refractivity contribution in [2.24, 2.45) is 0 Å².